The number of hydrogen-bond acceptors (Lipinski definition) is 8. The molecule has 0 atom stereocenters. The molecule has 2 heterocycles. The summed E-state index contributed by atoms with van der Waals surface area (Å²) in [5, 5.41) is 4.43. The minimum Gasteiger partial charge on any atom is -0.465 e. The van der Waals surface area contributed by atoms with Gasteiger partial charge in [-0.3, -0.25) is 0 Å². The monoisotopic (exact) mass is 317 g/mol. The van der Waals surface area contributed by atoms with E-state index in [9.17, 15) is 18.0 Å². The number of anilines is 1. The summed E-state index contributed by atoms with van der Waals surface area (Å²) in [6, 6.07) is 1.35. The van der Waals surface area contributed by atoms with Crippen LogP contribution in [0.15, 0.2) is 26.9 Å². The maximum atomic E-state index is 12.4. The predicted molar refractivity (Wildman–Crippen MR) is 70.8 cm³/mol. The molecule has 7 nitrogen and oxygen atoms in total. The summed E-state index contributed by atoms with van der Waals surface area (Å²) in [6.07, 6.45) is 0. The standard InChI is InChI=1S/C11H11NO6S2/c1-3-18-10(13)7-8(11(14)17-2)20(15,16)6-4-5-19-9(6)12-7/h4-5,12H,3H2,1-2H3. The van der Waals surface area contributed by atoms with E-state index in [2.05, 4.69) is 10.1 Å². The van der Waals surface area contributed by atoms with Gasteiger partial charge in [-0.1, -0.05) is 0 Å². The Morgan fingerprint density at radius 3 is 2.65 bits per heavy atom. The first-order valence-electron chi connectivity index (χ1n) is 5.52. The molecule has 20 heavy (non-hydrogen) atoms. The molecule has 0 fully saturated rings. The van der Waals surface area contributed by atoms with Crippen molar-refractivity contribution >= 4 is 38.1 Å². The Labute approximate surface area is 119 Å². The highest BCUT2D eigenvalue weighted by Gasteiger charge is 2.41. The third-order valence-electron chi connectivity index (χ3n) is 2.50. The van der Waals surface area contributed by atoms with Crippen LogP contribution in [0.3, 0.4) is 0 Å². The molecule has 0 saturated heterocycles. The highest BCUT2D eigenvalue weighted by Crippen LogP contribution is 2.38. The second-order valence-corrected chi connectivity index (χ2v) is 6.43. The van der Waals surface area contributed by atoms with Gasteiger partial charge >= 0.3 is 11.9 Å². The number of rotatable bonds is 3. The molecule has 0 unspecified atom stereocenters. The third-order valence-corrected chi connectivity index (χ3v) is 5.29. The van der Waals surface area contributed by atoms with Crippen LogP contribution >= 0.6 is 11.3 Å². The fourth-order valence-electron chi connectivity index (χ4n) is 1.67. The highest BCUT2D eigenvalue weighted by atomic mass is 32.2. The molecule has 0 saturated carbocycles. The summed E-state index contributed by atoms with van der Waals surface area (Å²) in [4.78, 5) is 22.8. The molecule has 9 heteroatoms. The average Bonchev–Trinajstić information content (AvgIpc) is 2.86. The second-order valence-electron chi connectivity index (χ2n) is 3.66. The van der Waals surface area contributed by atoms with Gasteiger partial charge in [0.2, 0.25) is 9.84 Å². The number of methoxy groups -OCH3 is 1. The maximum absolute atomic E-state index is 12.4. The Morgan fingerprint density at radius 2 is 2.05 bits per heavy atom. The lowest BCUT2D eigenvalue weighted by Gasteiger charge is -2.19. The molecule has 0 bridgehead atoms. The Kier molecular flexibility index (Phi) is 3.82. The van der Waals surface area contributed by atoms with E-state index in [1.807, 2.05) is 0 Å². The van der Waals surface area contributed by atoms with Crippen molar-refractivity contribution in [2.24, 2.45) is 0 Å². The maximum Gasteiger partial charge on any atom is 0.356 e. The lowest BCUT2D eigenvalue weighted by Crippen LogP contribution is -2.29. The van der Waals surface area contributed by atoms with Gasteiger partial charge in [0.25, 0.3) is 0 Å². The summed E-state index contributed by atoms with van der Waals surface area (Å²) >= 11 is 1.10. The van der Waals surface area contributed by atoms with Gasteiger partial charge in [-0.25, -0.2) is 18.0 Å². The van der Waals surface area contributed by atoms with Crippen LogP contribution in [0.25, 0.3) is 0 Å². The van der Waals surface area contributed by atoms with Gasteiger partial charge in [0.15, 0.2) is 10.6 Å². The summed E-state index contributed by atoms with van der Waals surface area (Å²) < 4.78 is 34.0. The van der Waals surface area contributed by atoms with Gasteiger partial charge in [0.05, 0.1) is 13.7 Å². The number of carbonyl (C=O) groups excluding carboxylic acids is 2. The summed E-state index contributed by atoms with van der Waals surface area (Å²) in [6.45, 7) is 1.62. The molecule has 1 aliphatic heterocycles. The fraction of sp³-hybridized carbons (Fsp3) is 0.273. The van der Waals surface area contributed by atoms with Crippen LogP contribution in [0.4, 0.5) is 5.00 Å². The summed E-state index contributed by atoms with van der Waals surface area (Å²) in [5.74, 6) is -2.03. The van der Waals surface area contributed by atoms with E-state index in [1.165, 1.54) is 11.4 Å². The number of nitrogens with one attached hydrogen (secondary N) is 1. The van der Waals surface area contributed by atoms with Crippen molar-refractivity contribution in [3.8, 4) is 0 Å². The van der Waals surface area contributed by atoms with Crippen LogP contribution in [0.5, 0.6) is 0 Å². The molecule has 0 radical (unpaired) electrons. The number of esters is 2. The van der Waals surface area contributed by atoms with Crippen LogP contribution in [0.2, 0.25) is 0 Å². The van der Waals surface area contributed by atoms with E-state index in [0.717, 1.165) is 18.4 Å². The zero-order valence-electron chi connectivity index (χ0n) is 10.6. The zero-order chi connectivity index (χ0) is 14.9. The molecule has 1 N–H and O–H groups in total. The summed E-state index contributed by atoms with van der Waals surface area (Å²) in [5.41, 5.74) is -0.423. The molecule has 0 aliphatic carbocycles. The lowest BCUT2D eigenvalue weighted by atomic mass is 10.3. The van der Waals surface area contributed by atoms with Crippen LogP contribution in [-0.2, 0) is 28.9 Å². The predicted octanol–water partition coefficient (Wildman–Crippen LogP) is 0.895. The van der Waals surface area contributed by atoms with E-state index < -0.39 is 32.4 Å². The molecule has 1 aliphatic rings. The van der Waals surface area contributed by atoms with Gasteiger partial charge in [-0.05, 0) is 18.4 Å². The van der Waals surface area contributed by atoms with Gasteiger partial charge in [-0.2, -0.15) is 0 Å². The van der Waals surface area contributed by atoms with E-state index in [0.29, 0.717) is 0 Å². The molecule has 108 valence electrons. The molecular weight excluding hydrogens is 306 g/mol. The normalized spacial score (nSPS) is 16.1. The van der Waals surface area contributed by atoms with E-state index in [-0.39, 0.29) is 16.5 Å². The van der Waals surface area contributed by atoms with Crippen molar-refractivity contribution in [1.82, 2.24) is 0 Å². The lowest BCUT2D eigenvalue weighted by molar-refractivity contribution is -0.140. The smallest absolute Gasteiger partial charge is 0.356 e. The van der Waals surface area contributed by atoms with E-state index in [1.54, 1.807) is 6.92 Å². The van der Waals surface area contributed by atoms with Gasteiger partial charge in [0.1, 0.15) is 9.90 Å². The van der Waals surface area contributed by atoms with Crippen LogP contribution in [0.1, 0.15) is 6.92 Å². The SMILES string of the molecule is CCOC(=O)C1=C(C(=O)OC)S(=O)(=O)c2ccsc2N1. The minimum atomic E-state index is -4.11. The molecule has 0 amide bonds. The highest BCUT2D eigenvalue weighted by molar-refractivity contribution is 7.96. The Bertz CT molecular complexity index is 700. The third kappa shape index (κ3) is 2.18. The van der Waals surface area contributed by atoms with Crippen molar-refractivity contribution in [2.45, 2.75) is 11.8 Å². The minimum absolute atomic E-state index is 0.0514. The van der Waals surface area contributed by atoms with Crippen molar-refractivity contribution in [3.63, 3.8) is 0 Å². The first kappa shape index (κ1) is 14.5. The van der Waals surface area contributed by atoms with Crippen molar-refractivity contribution in [1.29, 1.82) is 0 Å². The topological polar surface area (TPSA) is 98.8 Å². The molecule has 1 aromatic rings. The number of hydrogen-bond donors (Lipinski definition) is 1. The first-order valence-corrected chi connectivity index (χ1v) is 7.89. The molecule has 2 rings (SSSR count). The van der Waals surface area contributed by atoms with Gasteiger partial charge < -0.3 is 14.8 Å². The summed E-state index contributed by atoms with van der Waals surface area (Å²) in [7, 11) is -3.07. The Morgan fingerprint density at radius 1 is 1.35 bits per heavy atom. The molecule has 0 aromatic carbocycles. The number of thiophene rings is 1. The second kappa shape index (κ2) is 5.25. The largest absolute Gasteiger partial charge is 0.465 e. The Hall–Kier alpha value is -1.87. The quantitative estimate of drug-likeness (QED) is 0.827. The van der Waals surface area contributed by atoms with Gasteiger partial charge in [0, 0.05) is 0 Å². The first-order chi connectivity index (χ1) is 9.43. The number of fused-ring (bicyclic) bond motifs is 1. The molecule has 1 aromatic heterocycles. The Balaban J connectivity index is 2.66. The molecule has 0 spiro atoms. The number of sulfone groups is 1. The van der Waals surface area contributed by atoms with Crippen LogP contribution in [-0.4, -0.2) is 34.1 Å². The fourth-order valence-corrected chi connectivity index (χ4v) is 4.38. The zero-order valence-corrected chi connectivity index (χ0v) is 12.3. The van der Waals surface area contributed by atoms with Crippen molar-refractivity contribution in [2.75, 3.05) is 19.0 Å². The van der Waals surface area contributed by atoms with E-state index in [4.69, 9.17) is 4.74 Å². The number of carbonyl (C=O) groups is 2. The molecular formula is C11H11NO6S2. The number of ether oxygens (including phenoxy) is 2. The van der Waals surface area contributed by atoms with Crippen molar-refractivity contribution in [3.05, 3.63) is 22.0 Å². The average molecular weight is 317 g/mol. The van der Waals surface area contributed by atoms with Gasteiger partial charge in [-0.15, -0.1) is 11.3 Å². The van der Waals surface area contributed by atoms with Crippen molar-refractivity contribution < 1.29 is 27.5 Å². The van der Waals surface area contributed by atoms with Crippen LogP contribution in [0, 0.1) is 0 Å². The van der Waals surface area contributed by atoms with E-state index >= 15 is 0 Å². The van der Waals surface area contributed by atoms with Crippen LogP contribution < -0.4 is 5.32 Å².